The third-order valence-corrected chi connectivity index (χ3v) is 8.05. The molecule has 1 amide bonds. The summed E-state index contributed by atoms with van der Waals surface area (Å²) >= 11 is 1.49. The van der Waals surface area contributed by atoms with Gasteiger partial charge in [0.05, 0.1) is 17.3 Å². The Hall–Kier alpha value is -0.230. The van der Waals surface area contributed by atoms with Gasteiger partial charge in [0.1, 0.15) is 0 Å². The second-order valence-corrected chi connectivity index (χ2v) is 9.95. The molecule has 4 nitrogen and oxygen atoms in total. The molecule has 1 saturated heterocycles. The molecule has 1 saturated carbocycles. The van der Waals surface area contributed by atoms with Crippen molar-refractivity contribution in [3.8, 4) is 0 Å². The predicted molar refractivity (Wildman–Crippen MR) is 88.3 cm³/mol. The molecule has 2 aliphatic rings. The molecule has 0 aromatic rings. The molecule has 1 aliphatic heterocycles. The highest BCUT2D eigenvalue weighted by molar-refractivity contribution is 8.02. The van der Waals surface area contributed by atoms with Gasteiger partial charge in [-0.25, -0.2) is 8.42 Å². The van der Waals surface area contributed by atoms with Crippen LogP contribution >= 0.6 is 11.8 Å². The molecule has 0 unspecified atom stereocenters. The minimum absolute atomic E-state index is 0.0573. The van der Waals surface area contributed by atoms with Crippen molar-refractivity contribution in [1.29, 1.82) is 0 Å². The monoisotopic (exact) mass is 333 g/mol. The molecule has 0 aromatic heterocycles. The Balaban J connectivity index is 1.58. The van der Waals surface area contributed by atoms with E-state index in [2.05, 4.69) is 12.2 Å². The molecule has 21 heavy (non-hydrogen) atoms. The van der Waals surface area contributed by atoms with E-state index in [1.165, 1.54) is 43.9 Å². The van der Waals surface area contributed by atoms with Gasteiger partial charge in [-0.1, -0.05) is 26.2 Å². The van der Waals surface area contributed by atoms with Gasteiger partial charge in [-0.05, 0) is 31.1 Å². The molecule has 2 rings (SSSR count). The largest absolute Gasteiger partial charge is 0.355 e. The molecule has 0 radical (unpaired) electrons. The predicted octanol–water partition coefficient (Wildman–Crippen LogP) is 2.24. The van der Waals surface area contributed by atoms with Crippen LogP contribution in [0.4, 0.5) is 0 Å². The van der Waals surface area contributed by atoms with E-state index in [-0.39, 0.29) is 22.7 Å². The van der Waals surface area contributed by atoms with Crippen LogP contribution in [0.2, 0.25) is 0 Å². The zero-order chi connectivity index (χ0) is 15.3. The molecule has 1 heterocycles. The van der Waals surface area contributed by atoms with Crippen LogP contribution in [0.25, 0.3) is 0 Å². The number of carbonyl (C=O) groups is 1. The molecule has 0 bridgehead atoms. The number of hydrogen-bond acceptors (Lipinski definition) is 4. The van der Waals surface area contributed by atoms with E-state index in [9.17, 15) is 13.2 Å². The van der Waals surface area contributed by atoms with Crippen molar-refractivity contribution in [3.63, 3.8) is 0 Å². The van der Waals surface area contributed by atoms with Gasteiger partial charge in [-0.2, -0.15) is 0 Å². The van der Waals surface area contributed by atoms with Crippen LogP contribution < -0.4 is 5.32 Å². The fraction of sp³-hybridized carbons (Fsp3) is 0.933. The van der Waals surface area contributed by atoms with E-state index in [1.807, 2.05) is 0 Å². The molecule has 6 heteroatoms. The molecule has 1 N–H and O–H groups in total. The van der Waals surface area contributed by atoms with Crippen LogP contribution in [-0.2, 0) is 14.6 Å². The van der Waals surface area contributed by atoms with Gasteiger partial charge in [0.2, 0.25) is 5.91 Å². The lowest BCUT2D eigenvalue weighted by Crippen LogP contribution is -2.32. The molecule has 0 aromatic carbocycles. The van der Waals surface area contributed by atoms with Crippen LogP contribution in [0.15, 0.2) is 0 Å². The van der Waals surface area contributed by atoms with Gasteiger partial charge >= 0.3 is 0 Å². The highest BCUT2D eigenvalue weighted by atomic mass is 32.2. The van der Waals surface area contributed by atoms with Gasteiger partial charge in [0.25, 0.3) is 0 Å². The second-order valence-electron chi connectivity index (χ2n) is 6.44. The van der Waals surface area contributed by atoms with Crippen molar-refractivity contribution in [2.75, 3.05) is 23.8 Å². The molecule has 2 fully saturated rings. The van der Waals surface area contributed by atoms with Crippen LogP contribution in [0.5, 0.6) is 0 Å². The van der Waals surface area contributed by atoms with Crippen molar-refractivity contribution in [1.82, 2.24) is 5.32 Å². The number of carbonyl (C=O) groups excluding carboxylic acids is 1. The minimum atomic E-state index is -2.83. The first-order valence-electron chi connectivity index (χ1n) is 8.07. The van der Waals surface area contributed by atoms with Crippen molar-refractivity contribution in [3.05, 3.63) is 0 Å². The summed E-state index contributed by atoms with van der Waals surface area (Å²) in [6, 6.07) is 0. The standard InChI is InChI=1S/C15H27NO3S2/c1-2-12-3-5-13(6-4-12)9-16-15(17)10-20-14-7-8-21(18,19)11-14/h12-14H,2-11H2,1H3,(H,16,17)/t12?,13?,14-/m0/s1. The minimum Gasteiger partial charge on any atom is -0.355 e. The maximum atomic E-state index is 11.8. The van der Waals surface area contributed by atoms with E-state index in [1.54, 1.807) is 0 Å². The lowest BCUT2D eigenvalue weighted by molar-refractivity contribution is -0.118. The van der Waals surface area contributed by atoms with Crippen molar-refractivity contribution < 1.29 is 13.2 Å². The first-order valence-corrected chi connectivity index (χ1v) is 10.9. The van der Waals surface area contributed by atoms with E-state index in [0.29, 0.717) is 18.1 Å². The van der Waals surface area contributed by atoms with Crippen LogP contribution in [0, 0.1) is 11.8 Å². The van der Waals surface area contributed by atoms with Gasteiger partial charge in [0, 0.05) is 11.8 Å². The number of nitrogens with one attached hydrogen (secondary N) is 1. The second kappa shape index (κ2) is 7.86. The van der Waals surface area contributed by atoms with Crippen molar-refractivity contribution in [2.45, 2.75) is 50.7 Å². The Bertz CT molecular complexity index is 442. The number of thioether (sulfide) groups is 1. The Labute approximate surface area is 132 Å². The SMILES string of the molecule is CCC1CCC(CNC(=O)CS[C@H]2CCS(=O)(=O)C2)CC1. The summed E-state index contributed by atoms with van der Waals surface area (Å²) in [5.41, 5.74) is 0. The third-order valence-electron chi connectivity index (χ3n) is 4.77. The first-order chi connectivity index (χ1) is 9.98. The Kier molecular flexibility index (Phi) is 6.41. The van der Waals surface area contributed by atoms with E-state index < -0.39 is 9.84 Å². The lowest BCUT2D eigenvalue weighted by atomic mass is 9.81. The maximum absolute atomic E-state index is 11.8. The number of amides is 1. The third kappa shape index (κ3) is 5.81. The average Bonchev–Trinajstić information content (AvgIpc) is 2.83. The summed E-state index contributed by atoms with van der Waals surface area (Å²) in [6.45, 7) is 3.05. The lowest BCUT2D eigenvalue weighted by Gasteiger charge is -2.27. The molecule has 122 valence electrons. The van der Waals surface area contributed by atoms with Gasteiger partial charge in [-0.3, -0.25) is 4.79 Å². The van der Waals surface area contributed by atoms with Gasteiger partial charge in [-0.15, -0.1) is 11.8 Å². The summed E-state index contributed by atoms with van der Waals surface area (Å²) in [7, 11) is -2.83. The smallest absolute Gasteiger partial charge is 0.230 e. The highest BCUT2D eigenvalue weighted by Gasteiger charge is 2.28. The molecular formula is C15H27NO3S2. The Morgan fingerprint density at radius 1 is 1.14 bits per heavy atom. The summed E-state index contributed by atoms with van der Waals surface area (Å²) in [5, 5.41) is 3.13. The highest BCUT2D eigenvalue weighted by Crippen LogP contribution is 2.30. The maximum Gasteiger partial charge on any atom is 0.230 e. The average molecular weight is 334 g/mol. The fourth-order valence-corrected chi connectivity index (χ4v) is 6.71. The molecule has 1 aliphatic carbocycles. The van der Waals surface area contributed by atoms with Crippen LogP contribution in [0.3, 0.4) is 0 Å². The molecular weight excluding hydrogens is 306 g/mol. The first kappa shape index (κ1) is 17.1. The topological polar surface area (TPSA) is 63.2 Å². The zero-order valence-electron chi connectivity index (χ0n) is 12.8. The number of rotatable bonds is 6. The van der Waals surface area contributed by atoms with Gasteiger partial charge in [0.15, 0.2) is 9.84 Å². The molecule has 1 atom stereocenters. The molecule has 0 spiro atoms. The Morgan fingerprint density at radius 3 is 2.38 bits per heavy atom. The number of hydrogen-bond donors (Lipinski definition) is 1. The quantitative estimate of drug-likeness (QED) is 0.810. The van der Waals surface area contributed by atoms with Crippen molar-refractivity contribution >= 4 is 27.5 Å². The summed E-state index contributed by atoms with van der Waals surface area (Å²) in [4.78, 5) is 11.8. The number of sulfone groups is 1. The summed E-state index contributed by atoms with van der Waals surface area (Å²) in [6.07, 6.45) is 7.03. The van der Waals surface area contributed by atoms with E-state index in [0.717, 1.165) is 12.5 Å². The van der Waals surface area contributed by atoms with E-state index >= 15 is 0 Å². The Morgan fingerprint density at radius 2 is 1.81 bits per heavy atom. The normalized spacial score (nSPS) is 32.0. The van der Waals surface area contributed by atoms with Gasteiger partial charge < -0.3 is 5.32 Å². The summed E-state index contributed by atoms with van der Waals surface area (Å²) in [5.74, 6) is 2.50. The zero-order valence-corrected chi connectivity index (χ0v) is 14.5. The van der Waals surface area contributed by atoms with E-state index in [4.69, 9.17) is 0 Å². The van der Waals surface area contributed by atoms with Crippen LogP contribution in [-0.4, -0.2) is 43.4 Å². The summed E-state index contributed by atoms with van der Waals surface area (Å²) < 4.78 is 22.7. The fourth-order valence-electron chi connectivity index (χ4n) is 3.24. The van der Waals surface area contributed by atoms with Crippen LogP contribution in [0.1, 0.15) is 45.4 Å². The van der Waals surface area contributed by atoms with Crippen molar-refractivity contribution in [2.24, 2.45) is 11.8 Å².